The maximum absolute atomic E-state index is 11.8. The molecule has 1 saturated carbocycles. The van der Waals surface area contributed by atoms with Crippen molar-refractivity contribution >= 4 is 27.5 Å². The summed E-state index contributed by atoms with van der Waals surface area (Å²) in [6, 6.07) is -0.0542. The largest absolute Gasteiger partial charge is 0.342 e. The number of hydrogen-bond donors (Lipinski definition) is 1. The van der Waals surface area contributed by atoms with E-state index >= 15 is 0 Å². The first kappa shape index (κ1) is 14.1. The van der Waals surface area contributed by atoms with E-state index in [0.29, 0.717) is 25.9 Å². The number of carbonyl (C=O) groups is 1. The zero-order valence-corrected chi connectivity index (χ0v) is 11.8. The summed E-state index contributed by atoms with van der Waals surface area (Å²) >= 11 is 5.44. The van der Waals surface area contributed by atoms with Crippen molar-refractivity contribution < 1.29 is 13.2 Å². The topological polar surface area (TPSA) is 66.5 Å². The van der Waals surface area contributed by atoms with Gasteiger partial charge in [0.25, 0.3) is 0 Å². The molecule has 5 nitrogen and oxygen atoms in total. The highest BCUT2D eigenvalue weighted by atomic mass is 35.5. The third-order valence-corrected chi connectivity index (χ3v) is 5.27. The Hall–Kier alpha value is -0.330. The molecule has 0 unspecified atom stereocenters. The van der Waals surface area contributed by atoms with Gasteiger partial charge in [-0.3, -0.25) is 4.79 Å². The Morgan fingerprint density at radius 1 is 1.22 bits per heavy atom. The summed E-state index contributed by atoms with van der Waals surface area (Å²) in [7, 11) is -3.26. The van der Waals surface area contributed by atoms with Crippen molar-refractivity contribution in [1.29, 1.82) is 0 Å². The minimum Gasteiger partial charge on any atom is -0.342 e. The average molecular weight is 295 g/mol. The molecule has 1 aliphatic heterocycles. The van der Waals surface area contributed by atoms with E-state index in [1.54, 1.807) is 0 Å². The first-order valence-electron chi connectivity index (χ1n) is 6.36. The molecular weight excluding hydrogens is 276 g/mol. The van der Waals surface area contributed by atoms with Gasteiger partial charge in [-0.05, 0) is 25.7 Å². The highest BCUT2D eigenvalue weighted by Gasteiger charge is 2.35. The van der Waals surface area contributed by atoms with Crippen LogP contribution in [0.15, 0.2) is 0 Å². The van der Waals surface area contributed by atoms with Gasteiger partial charge in [-0.25, -0.2) is 13.1 Å². The van der Waals surface area contributed by atoms with Gasteiger partial charge in [0.05, 0.1) is 5.75 Å². The van der Waals surface area contributed by atoms with Gasteiger partial charge >= 0.3 is 0 Å². The van der Waals surface area contributed by atoms with Crippen LogP contribution in [0.3, 0.4) is 0 Å². The molecule has 18 heavy (non-hydrogen) atoms. The number of sulfonamides is 1. The smallest absolute Gasteiger partial charge is 0.225 e. The molecule has 0 aromatic heterocycles. The normalized spacial score (nSPS) is 22.2. The molecule has 0 radical (unpaired) electrons. The van der Waals surface area contributed by atoms with Crippen LogP contribution in [-0.2, 0) is 14.8 Å². The second kappa shape index (κ2) is 5.75. The van der Waals surface area contributed by atoms with Gasteiger partial charge in [0.2, 0.25) is 15.9 Å². The molecule has 1 aliphatic carbocycles. The van der Waals surface area contributed by atoms with E-state index in [1.807, 2.05) is 4.90 Å². The number of nitrogens with zero attached hydrogens (tertiary/aromatic N) is 1. The van der Waals surface area contributed by atoms with Crippen LogP contribution in [0.2, 0.25) is 0 Å². The molecule has 1 N–H and O–H groups in total. The van der Waals surface area contributed by atoms with Crippen molar-refractivity contribution in [1.82, 2.24) is 9.62 Å². The lowest BCUT2D eigenvalue weighted by atomic mass is 10.1. The maximum atomic E-state index is 11.8. The molecule has 0 aromatic carbocycles. The quantitative estimate of drug-likeness (QED) is 0.753. The molecule has 0 bridgehead atoms. The second-order valence-electron chi connectivity index (χ2n) is 5.00. The first-order valence-corrected chi connectivity index (χ1v) is 8.55. The molecule has 2 aliphatic rings. The van der Waals surface area contributed by atoms with Gasteiger partial charge in [0, 0.05) is 30.9 Å². The molecule has 2 rings (SSSR count). The lowest BCUT2D eigenvalue weighted by Gasteiger charge is -2.32. The lowest BCUT2D eigenvalue weighted by molar-refractivity contribution is -0.133. The van der Waals surface area contributed by atoms with Gasteiger partial charge in [0.1, 0.15) is 0 Å². The van der Waals surface area contributed by atoms with Crippen molar-refractivity contribution in [3.05, 3.63) is 0 Å². The zero-order chi connectivity index (χ0) is 13.2. The highest BCUT2D eigenvalue weighted by Crippen LogP contribution is 2.31. The molecule has 0 atom stereocenters. The standard InChI is InChI=1S/C11H19ClN2O3S/c12-5-8-18(16,17)13-10-3-6-14(7-4-10)11(15)9-1-2-9/h9-10,13H,1-8H2. The number of nitrogens with one attached hydrogen (secondary N) is 1. The summed E-state index contributed by atoms with van der Waals surface area (Å²) in [5.74, 6) is 0.552. The predicted octanol–water partition coefficient (Wildman–Crippen LogP) is 0.546. The molecule has 0 spiro atoms. The fourth-order valence-electron chi connectivity index (χ4n) is 2.22. The van der Waals surface area contributed by atoms with Gasteiger partial charge in [-0.2, -0.15) is 0 Å². The van der Waals surface area contributed by atoms with Crippen LogP contribution in [-0.4, -0.2) is 50.0 Å². The van der Waals surface area contributed by atoms with Crippen LogP contribution >= 0.6 is 11.6 Å². The predicted molar refractivity (Wildman–Crippen MR) is 70.0 cm³/mol. The third-order valence-electron chi connectivity index (χ3n) is 3.43. The Morgan fingerprint density at radius 2 is 1.83 bits per heavy atom. The van der Waals surface area contributed by atoms with Crippen molar-refractivity contribution in [3.8, 4) is 0 Å². The fraction of sp³-hybridized carbons (Fsp3) is 0.909. The number of amides is 1. The SMILES string of the molecule is O=C(C1CC1)N1CCC(NS(=O)(=O)CCCl)CC1. The Labute approximate surface area is 113 Å². The Kier molecular flexibility index (Phi) is 4.50. The number of piperidine rings is 1. The van der Waals surface area contributed by atoms with E-state index in [9.17, 15) is 13.2 Å². The van der Waals surface area contributed by atoms with E-state index in [1.165, 1.54) is 0 Å². The monoisotopic (exact) mass is 294 g/mol. The molecule has 1 amide bonds. The molecule has 1 heterocycles. The van der Waals surface area contributed by atoms with E-state index in [2.05, 4.69) is 4.72 Å². The summed E-state index contributed by atoms with van der Waals surface area (Å²) in [5.41, 5.74) is 0. The number of hydrogen-bond acceptors (Lipinski definition) is 3. The maximum Gasteiger partial charge on any atom is 0.225 e. The van der Waals surface area contributed by atoms with Crippen molar-refractivity contribution in [3.63, 3.8) is 0 Å². The third kappa shape index (κ3) is 3.83. The van der Waals surface area contributed by atoms with Gasteiger partial charge in [-0.1, -0.05) is 0 Å². The van der Waals surface area contributed by atoms with Crippen LogP contribution in [0.25, 0.3) is 0 Å². The van der Waals surface area contributed by atoms with Crippen LogP contribution in [0.1, 0.15) is 25.7 Å². The van der Waals surface area contributed by atoms with E-state index in [-0.39, 0.29) is 29.5 Å². The van der Waals surface area contributed by atoms with E-state index in [4.69, 9.17) is 11.6 Å². The number of alkyl halides is 1. The molecule has 1 saturated heterocycles. The van der Waals surface area contributed by atoms with Crippen LogP contribution < -0.4 is 4.72 Å². The summed E-state index contributed by atoms with van der Waals surface area (Å²) < 4.78 is 25.8. The van der Waals surface area contributed by atoms with Crippen molar-refractivity contribution in [2.45, 2.75) is 31.7 Å². The van der Waals surface area contributed by atoms with E-state index < -0.39 is 10.0 Å². The summed E-state index contributed by atoms with van der Waals surface area (Å²) in [6.07, 6.45) is 3.42. The Balaban J connectivity index is 1.77. The molecule has 104 valence electrons. The summed E-state index contributed by atoms with van der Waals surface area (Å²) in [6.45, 7) is 1.31. The number of likely N-dealkylation sites (tertiary alicyclic amines) is 1. The summed E-state index contributed by atoms with van der Waals surface area (Å²) in [5, 5.41) is 0. The van der Waals surface area contributed by atoms with Crippen molar-refractivity contribution in [2.75, 3.05) is 24.7 Å². The van der Waals surface area contributed by atoms with Gasteiger partial charge in [-0.15, -0.1) is 11.6 Å². The molecule has 7 heteroatoms. The van der Waals surface area contributed by atoms with Crippen LogP contribution in [0, 0.1) is 5.92 Å². The van der Waals surface area contributed by atoms with Crippen LogP contribution in [0.5, 0.6) is 0 Å². The fourth-order valence-corrected chi connectivity index (χ4v) is 3.89. The van der Waals surface area contributed by atoms with E-state index in [0.717, 1.165) is 12.8 Å². The van der Waals surface area contributed by atoms with Crippen LogP contribution in [0.4, 0.5) is 0 Å². The zero-order valence-electron chi connectivity index (χ0n) is 10.3. The molecule has 2 fully saturated rings. The van der Waals surface area contributed by atoms with Gasteiger partial charge in [0.15, 0.2) is 0 Å². The second-order valence-corrected chi connectivity index (χ2v) is 7.25. The number of carbonyl (C=O) groups excluding carboxylic acids is 1. The van der Waals surface area contributed by atoms with Crippen molar-refractivity contribution in [2.24, 2.45) is 5.92 Å². The Morgan fingerprint density at radius 3 is 2.33 bits per heavy atom. The minimum absolute atomic E-state index is 0.0459. The first-order chi connectivity index (χ1) is 8.52. The number of halogens is 1. The average Bonchev–Trinajstić information content (AvgIpc) is 3.12. The summed E-state index contributed by atoms with van der Waals surface area (Å²) in [4.78, 5) is 13.7. The number of rotatable bonds is 5. The lowest BCUT2D eigenvalue weighted by Crippen LogP contribution is -2.47. The molecule has 0 aromatic rings. The molecular formula is C11H19ClN2O3S. The Bertz CT molecular complexity index is 401. The highest BCUT2D eigenvalue weighted by molar-refractivity contribution is 7.89. The minimum atomic E-state index is -3.26. The van der Waals surface area contributed by atoms with Gasteiger partial charge < -0.3 is 4.90 Å².